The van der Waals surface area contributed by atoms with E-state index in [0.717, 1.165) is 18.7 Å². The van der Waals surface area contributed by atoms with E-state index in [2.05, 4.69) is 22.0 Å². The van der Waals surface area contributed by atoms with E-state index in [-0.39, 0.29) is 0 Å². The van der Waals surface area contributed by atoms with Crippen molar-refractivity contribution in [1.82, 2.24) is 0 Å². The molecule has 0 aliphatic carbocycles. The lowest BCUT2D eigenvalue weighted by Gasteiger charge is -2.14. The second-order valence-corrected chi connectivity index (χ2v) is 3.09. The Labute approximate surface area is 77.9 Å². The van der Waals surface area contributed by atoms with Crippen molar-refractivity contribution in [2.75, 3.05) is 18.0 Å². The predicted octanol–water partition coefficient (Wildman–Crippen LogP) is 0.994. The van der Waals surface area contributed by atoms with Gasteiger partial charge in [0.2, 0.25) is 0 Å². The Morgan fingerprint density at radius 3 is 3.08 bits per heavy atom. The van der Waals surface area contributed by atoms with E-state index in [4.69, 9.17) is 5.73 Å². The predicted molar refractivity (Wildman–Crippen MR) is 55.0 cm³/mol. The molecule has 0 amide bonds. The molecule has 1 heterocycles. The van der Waals surface area contributed by atoms with Gasteiger partial charge < -0.3 is 10.6 Å². The summed E-state index contributed by atoms with van der Waals surface area (Å²) in [6.45, 7) is 2.47. The highest BCUT2D eigenvalue weighted by molar-refractivity contribution is 5.81. The third-order valence-electron chi connectivity index (χ3n) is 2.17. The number of anilines is 1. The smallest absolute Gasteiger partial charge is 0.0895 e. The molecular formula is C10H13N3. The first kappa shape index (κ1) is 8.26. The molecule has 2 N–H and O–H groups in total. The molecule has 1 aromatic rings. The number of hydrogen-bond donors (Lipinski definition) is 1. The van der Waals surface area contributed by atoms with Gasteiger partial charge in [-0.1, -0.05) is 12.1 Å². The lowest BCUT2D eigenvalue weighted by molar-refractivity contribution is 1.01. The maximum Gasteiger partial charge on any atom is 0.0895 e. The fraction of sp³-hybridized carbons (Fsp3) is 0.300. The molecule has 0 bridgehead atoms. The molecule has 13 heavy (non-hydrogen) atoms. The summed E-state index contributed by atoms with van der Waals surface area (Å²) >= 11 is 0. The van der Waals surface area contributed by atoms with Crippen LogP contribution < -0.4 is 10.6 Å². The largest absolute Gasteiger partial charge is 0.331 e. The zero-order valence-corrected chi connectivity index (χ0v) is 7.48. The van der Waals surface area contributed by atoms with Gasteiger partial charge in [-0.15, -0.1) is 0 Å². The molecule has 0 saturated carbocycles. The first-order valence-corrected chi connectivity index (χ1v) is 4.46. The standard InChI is InChI=1S/C10H13N3/c11-7-9-2-1-3-10(6-9)13-5-4-12-8-13/h1-3,6,8H,4-5,7,11H2. The Hall–Kier alpha value is -1.35. The molecule has 1 aliphatic rings. The van der Waals surface area contributed by atoms with Gasteiger partial charge in [-0.2, -0.15) is 0 Å². The average Bonchev–Trinajstić information content (AvgIpc) is 2.71. The lowest BCUT2D eigenvalue weighted by atomic mass is 10.2. The monoisotopic (exact) mass is 175 g/mol. The van der Waals surface area contributed by atoms with Crippen LogP contribution in [-0.4, -0.2) is 19.4 Å². The Bertz CT molecular complexity index is 320. The van der Waals surface area contributed by atoms with Gasteiger partial charge in [-0.25, -0.2) is 0 Å². The van der Waals surface area contributed by atoms with Crippen LogP contribution in [0.4, 0.5) is 5.69 Å². The zero-order chi connectivity index (χ0) is 9.10. The molecule has 1 aromatic carbocycles. The zero-order valence-electron chi connectivity index (χ0n) is 7.48. The molecule has 0 fully saturated rings. The summed E-state index contributed by atoms with van der Waals surface area (Å²) < 4.78 is 0. The number of nitrogens with zero attached hydrogens (tertiary/aromatic N) is 2. The highest BCUT2D eigenvalue weighted by Crippen LogP contribution is 2.16. The van der Waals surface area contributed by atoms with Gasteiger partial charge in [-0.3, -0.25) is 4.99 Å². The summed E-state index contributed by atoms with van der Waals surface area (Å²) in [5.41, 5.74) is 7.91. The first-order valence-electron chi connectivity index (χ1n) is 4.46. The SMILES string of the molecule is NCc1cccc(N2C=NCC2)c1. The van der Waals surface area contributed by atoms with Crippen LogP contribution in [-0.2, 0) is 6.54 Å². The van der Waals surface area contributed by atoms with Crippen LogP contribution in [0.25, 0.3) is 0 Å². The Morgan fingerprint density at radius 2 is 2.38 bits per heavy atom. The summed E-state index contributed by atoms with van der Waals surface area (Å²) in [6.07, 6.45) is 1.88. The molecule has 3 heteroatoms. The van der Waals surface area contributed by atoms with Crippen molar-refractivity contribution in [2.45, 2.75) is 6.54 Å². The fourth-order valence-corrected chi connectivity index (χ4v) is 1.44. The fourth-order valence-electron chi connectivity index (χ4n) is 1.44. The highest BCUT2D eigenvalue weighted by Gasteiger charge is 2.07. The summed E-state index contributed by atoms with van der Waals surface area (Å²) in [4.78, 5) is 6.30. The second-order valence-electron chi connectivity index (χ2n) is 3.09. The average molecular weight is 175 g/mol. The first-order chi connectivity index (χ1) is 6.40. The van der Waals surface area contributed by atoms with Crippen LogP contribution in [0, 0.1) is 0 Å². The van der Waals surface area contributed by atoms with Crippen molar-refractivity contribution in [2.24, 2.45) is 10.7 Å². The summed E-state index contributed by atoms with van der Waals surface area (Å²) in [5.74, 6) is 0. The Kier molecular flexibility index (Phi) is 2.27. The van der Waals surface area contributed by atoms with Crippen molar-refractivity contribution in [3.63, 3.8) is 0 Å². The summed E-state index contributed by atoms with van der Waals surface area (Å²) in [5, 5.41) is 0. The molecule has 2 rings (SSSR count). The van der Waals surface area contributed by atoms with E-state index < -0.39 is 0 Å². The van der Waals surface area contributed by atoms with Crippen LogP contribution in [0.5, 0.6) is 0 Å². The minimum Gasteiger partial charge on any atom is -0.331 e. The third kappa shape index (κ3) is 1.70. The highest BCUT2D eigenvalue weighted by atomic mass is 15.2. The topological polar surface area (TPSA) is 41.6 Å². The van der Waals surface area contributed by atoms with Crippen LogP contribution >= 0.6 is 0 Å². The number of rotatable bonds is 2. The van der Waals surface area contributed by atoms with E-state index in [9.17, 15) is 0 Å². The molecule has 3 nitrogen and oxygen atoms in total. The van der Waals surface area contributed by atoms with Crippen LogP contribution in [0.2, 0.25) is 0 Å². The van der Waals surface area contributed by atoms with E-state index in [1.54, 1.807) is 0 Å². The third-order valence-corrected chi connectivity index (χ3v) is 2.17. The molecule has 0 atom stereocenters. The van der Waals surface area contributed by atoms with Crippen LogP contribution in [0.1, 0.15) is 5.56 Å². The van der Waals surface area contributed by atoms with Crippen molar-refractivity contribution in [3.05, 3.63) is 29.8 Å². The lowest BCUT2D eigenvalue weighted by Crippen LogP contribution is -2.18. The molecule has 1 aliphatic heterocycles. The molecule has 68 valence electrons. The molecule has 0 radical (unpaired) electrons. The maximum absolute atomic E-state index is 5.57. The number of benzene rings is 1. The number of aliphatic imine (C=N–C) groups is 1. The van der Waals surface area contributed by atoms with Gasteiger partial charge in [0.25, 0.3) is 0 Å². The summed E-state index contributed by atoms with van der Waals surface area (Å²) in [6, 6.07) is 8.26. The van der Waals surface area contributed by atoms with Crippen LogP contribution in [0.3, 0.4) is 0 Å². The van der Waals surface area contributed by atoms with Crippen LogP contribution in [0.15, 0.2) is 29.3 Å². The van der Waals surface area contributed by atoms with E-state index in [1.165, 1.54) is 5.69 Å². The van der Waals surface area contributed by atoms with E-state index in [0.29, 0.717) is 6.54 Å². The Balaban J connectivity index is 2.24. The summed E-state index contributed by atoms with van der Waals surface area (Å²) in [7, 11) is 0. The van der Waals surface area contributed by atoms with Crippen molar-refractivity contribution >= 4 is 12.0 Å². The van der Waals surface area contributed by atoms with Crippen molar-refractivity contribution in [3.8, 4) is 0 Å². The van der Waals surface area contributed by atoms with Gasteiger partial charge >= 0.3 is 0 Å². The van der Waals surface area contributed by atoms with E-state index >= 15 is 0 Å². The quantitative estimate of drug-likeness (QED) is 0.728. The van der Waals surface area contributed by atoms with Gasteiger partial charge in [0.1, 0.15) is 0 Å². The minimum atomic E-state index is 0.596. The molecular weight excluding hydrogens is 162 g/mol. The molecule has 0 saturated heterocycles. The maximum atomic E-state index is 5.57. The number of hydrogen-bond acceptors (Lipinski definition) is 3. The normalized spacial score (nSPS) is 15.3. The minimum absolute atomic E-state index is 0.596. The Morgan fingerprint density at radius 1 is 1.46 bits per heavy atom. The molecule has 0 spiro atoms. The molecule has 0 aromatic heterocycles. The van der Waals surface area contributed by atoms with Crippen molar-refractivity contribution < 1.29 is 0 Å². The van der Waals surface area contributed by atoms with E-state index in [1.807, 2.05) is 18.5 Å². The van der Waals surface area contributed by atoms with Gasteiger partial charge in [-0.05, 0) is 17.7 Å². The molecule has 0 unspecified atom stereocenters. The van der Waals surface area contributed by atoms with Gasteiger partial charge in [0, 0.05) is 18.8 Å². The number of nitrogens with two attached hydrogens (primary N) is 1. The van der Waals surface area contributed by atoms with Gasteiger partial charge in [0.15, 0.2) is 0 Å². The second kappa shape index (κ2) is 3.58. The van der Waals surface area contributed by atoms with Gasteiger partial charge in [0.05, 0.1) is 12.9 Å². The van der Waals surface area contributed by atoms with Crippen molar-refractivity contribution in [1.29, 1.82) is 0 Å².